The molecular weight excluding hydrogens is 399 g/mol. The van der Waals surface area contributed by atoms with Crippen LogP contribution in [0.2, 0.25) is 0 Å². The highest BCUT2D eigenvalue weighted by atomic mass is 19.4. The summed E-state index contributed by atoms with van der Waals surface area (Å²) < 4.78 is 39.4. The lowest BCUT2D eigenvalue weighted by molar-refractivity contribution is -0.141. The maximum atomic E-state index is 12.8. The van der Waals surface area contributed by atoms with Crippen molar-refractivity contribution in [1.82, 2.24) is 19.4 Å². The van der Waals surface area contributed by atoms with Crippen LogP contribution in [0.3, 0.4) is 0 Å². The number of halogens is 3. The van der Waals surface area contributed by atoms with Crippen LogP contribution in [0.15, 0.2) is 17.2 Å². The number of amides is 1. The molecule has 160 valence electrons. The summed E-state index contributed by atoms with van der Waals surface area (Å²) in [6.45, 7) is 5.72. The van der Waals surface area contributed by atoms with Gasteiger partial charge in [-0.15, -0.1) is 0 Å². The first-order valence-electron chi connectivity index (χ1n) is 9.66. The molecule has 0 N–H and O–H groups in total. The van der Waals surface area contributed by atoms with E-state index in [9.17, 15) is 22.8 Å². The molecule has 0 bridgehead atoms. The molecule has 0 atom stereocenters. The quantitative estimate of drug-likeness (QED) is 0.760. The Morgan fingerprint density at radius 2 is 1.83 bits per heavy atom. The van der Waals surface area contributed by atoms with Crippen molar-refractivity contribution in [3.63, 3.8) is 0 Å². The van der Waals surface area contributed by atoms with Gasteiger partial charge in [0.1, 0.15) is 5.82 Å². The second-order valence-electron chi connectivity index (χ2n) is 8.02. The van der Waals surface area contributed by atoms with Crippen LogP contribution in [0, 0.1) is 19.8 Å². The second-order valence-corrected chi connectivity index (χ2v) is 8.02. The molecule has 0 aromatic carbocycles. The Morgan fingerprint density at radius 1 is 1.13 bits per heavy atom. The van der Waals surface area contributed by atoms with Gasteiger partial charge in [0.15, 0.2) is 5.69 Å². The van der Waals surface area contributed by atoms with Gasteiger partial charge in [-0.05, 0) is 25.0 Å². The number of rotatable bonds is 3. The zero-order valence-electron chi connectivity index (χ0n) is 17.0. The average molecular weight is 421 g/mol. The molecule has 1 amide bonds. The van der Waals surface area contributed by atoms with Gasteiger partial charge in [-0.3, -0.25) is 9.59 Å². The minimum absolute atomic E-state index is 0.0128. The van der Waals surface area contributed by atoms with Crippen molar-refractivity contribution >= 4 is 11.7 Å². The van der Waals surface area contributed by atoms with E-state index in [1.807, 2.05) is 6.92 Å². The third-order valence-electron chi connectivity index (χ3n) is 6.11. The monoisotopic (exact) mass is 421 g/mol. The minimum Gasteiger partial charge on any atom is -0.355 e. The first kappa shape index (κ1) is 20.4. The van der Waals surface area contributed by atoms with E-state index in [0.717, 1.165) is 29.2 Å². The van der Waals surface area contributed by atoms with E-state index in [2.05, 4.69) is 9.97 Å². The summed E-state index contributed by atoms with van der Waals surface area (Å²) in [6, 6.07) is 0. The molecule has 0 spiro atoms. The standard InChI is InChI=1S/C20H22F3N5O2/c1-11-12(2)19(30)26(3)15-10-28(9-14(11)15)18(29)4-13-7-27(8-13)17-6-24-16(5-25-17)20(21,22)23/h5-6,13H,4,7-10H2,1-3H3. The number of hydrogen-bond donors (Lipinski definition) is 0. The minimum atomic E-state index is -4.51. The van der Waals surface area contributed by atoms with Crippen LogP contribution >= 0.6 is 0 Å². The maximum absolute atomic E-state index is 12.8. The van der Waals surface area contributed by atoms with E-state index in [-0.39, 0.29) is 17.4 Å². The van der Waals surface area contributed by atoms with Crippen LogP contribution < -0.4 is 10.5 Å². The lowest BCUT2D eigenvalue weighted by atomic mass is 9.95. The van der Waals surface area contributed by atoms with E-state index >= 15 is 0 Å². The highest BCUT2D eigenvalue weighted by molar-refractivity contribution is 5.77. The molecule has 2 aromatic heterocycles. The van der Waals surface area contributed by atoms with Crippen molar-refractivity contribution < 1.29 is 18.0 Å². The lowest BCUT2D eigenvalue weighted by Crippen LogP contribution is -2.49. The van der Waals surface area contributed by atoms with Crippen molar-refractivity contribution in [3.8, 4) is 0 Å². The van der Waals surface area contributed by atoms with Crippen molar-refractivity contribution in [3.05, 3.63) is 50.8 Å². The molecule has 0 saturated carbocycles. The summed E-state index contributed by atoms with van der Waals surface area (Å²) in [5.74, 6) is 0.497. The third kappa shape index (κ3) is 3.44. The molecule has 4 heterocycles. The number of hydrogen-bond acceptors (Lipinski definition) is 5. The zero-order valence-corrected chi connectivity index (χ0v) is 17.0. The van der Waals surface area contributed by atoms with E-state index < -0.39 is 11.9 Å². The second kappa shape index (κ2) is 7.10. The molecule has 7 nitrogen and oxygen atoms in total. The summed E-state index contributed by atoms with van der Waals surface area (Å²) in [4.78, 5) is 35.9. The van der Waals surface area contributed by atoms with Gasteiger partial charge in [0.2, 0.25) is 5.91 Å². The Bertz CT molecular complexity index is 1060. The van der Waals surface area contributed by atoms with Gasteiger partial charge in [-0.1, -0.05) is 0 Å². The van der Waals surface area contributed by atoms with Gasteiger partial charge in [0.05, 0.1) is 18.9 Å². The molecule has 1 fully saturated rings. The predicted octanol–water partition coefficient (Wildman–Crippen LogP) is 2.18. The molecule has 0 unspecified atom stereocenters. The first-order valence-corrected chi connectivity index (χ1v) is 9.66. The largest absolute Gasteiger partial charge is 0.434 e. The molecule has 1 saturated heterocycles. The number of nitrogens with zero attached hydrogens (tertiary/aromatic N) is 5. The van der Waals surface area contributed by atoms with Gasteiger partial charge >= 0.3 is 6.18 Å². The number of fused-ring (bicyclic) bond motifs is 1. The van der Waals surface area contributed by atoms with Crippen LogP contribution in [0.4, 0.5) is 19.0 Å². The SMILES string of the molecule is Cc1c2c(n(C)c(=O)c1C)CN(C(=O)CC1CN(c3cnc(C(F)(F)F)cn3)C1)C2. The molecule has 0 aliphatic carbocycles. The van der Waals surface area contributed by atoms with Gasteiger partial charge in [-0.2, -0.15) is 13.2 Å². The van der Waals surface area contributed by atoms with Gasteiger partial charge < -0.3 is 14.4 Å². The molecule has 2 aliphatic rings. The van der Waals surface area contributed by atoms with Crippen molar-refractivity contribution in [2.75, 3.05) is 18.0 Å². The third-order valence-corrected chi connectivity index (χ3v) is 6.11. The maximum Gasteiger partial charge on any atom is 0.434 e. The Hall–Kier alpha value is -2.91. The molecule has 4 rings (SSSR count). The number of anilines is 1. The number of carbonyl (C=O) groups is 1. The van der Waals surface area contributed by atoms with Gasteiger partial charge in [-0.25, -0.2) is 9.97 Å². The van der Waals surface area contributed by atoms with Crippen LogP contribution in [0.5, 0.6) is 0 Å². The van der Waals surface area contributed by atoms with Crippen LogP contribution in [0.1, 0.15) is 34.5 Å². The number of carbonyl (C=O) groups excluding carboxylic acids is 1. The summed E-state index contributed by atoms with van der Waals surface area (Å²) in [6.07, 6.45) is -2.32. The zero-order chi connectivity index (χ0) is 21.8. The number of pyridine rings is 1. The summed E-state index contributed by atoms with van der Waals surface area (Å²) in [5.41, 5.74) is 2.52. The molecule has 2 aromatic rings. The highest BCUT2D eigenvalue weighted by Crippen LogP contribution is 2.31. The lowest BCUT2D eigenvalue weighted by Gasteiger charge is -2.40. The van der Waals surface area contributed by atoms with E-state index in [1.165, 1.54) is 0 Å². The molecule has 10 heteroatoms. The smallest absolute Gasteiger partial charge is 0.355 e. The molecule has 2 aliphatic heterocycles. The molecular formula is C20H22F3N5O2. The van der Waals surface area contributed by atoms with Gasteiger partial charge in [0, 0.05) is 50.3 Å². The Morgan fingerprint density at radius 3 is 2.43 bits per heavy atom. The van der Waals surface area contributed by atoms with E-state index in [4.69, 9.17) is 0 Å². The molecule has 0 radical (unpaired) electrons. The van der Waals surface area contributed by atoms with E-state index in [0.29, 0.717) is 44.0 Å². The predicted molar refractivity (Wildman–Crippen MR) is 103 cm³/mol. The van der Waals surface area contributed by atoms with Crippen LogP contribution in [-0.4, -0.2) is 38.4 Å². The van der Waals surface area contributed by atoms with Crippen LogP contribution in [0.25, 0.3) is 0 Å². The fourth-order valence-corrected chi connectivity index (χ4v) is 4.09. The van der Waals surface area contributed by atoms with Crippen LogP contribution in [-0.2, 0) is 31.1 Å². The fraction of sp³-hybridized carbons (Fsp3) is 0.500. The Balaban J connectivity index is 1.35. The van der Waals surface area contributed by atoms with Crippen molar-refractivity contribution in [2.24, 2.45) is 13.0 Å². The number of aromatic nitrogens is 3. The Kier molecular flexibility index (Phi) is 4.82. The topological polar surface area (TPSA) is 71.3 Å². The summed E-state index contributed by atoms with van der Waals surface area (Å²) >= 11 is 0. The van der Waals surface area contributed by atoms with E-state index in [1.54, 1.807) is 28.3 Å². The first-order chi connectivity index (χ1) is 14.1. The fourth-order valence-electron chi connectivity index (χ4n) is 4.09. The molecule has 30 heavy (non-hydrogen) atoms. The number of alkyl halides is 3. The summed E-state index contributed by atoms with van der Waals surface area (Å²) in [7, 11) is 1.73. The summed E-state index contributed by atoms with van der Waals surface area (Å²) in [5, 5.41) is 0. The van der Waals surface area contributed by atoms with Crippen molar-refractivity contribution in [2.45, 2.75) is 39.5 Å². The van der Waals surface area contributed by atoms with Crippen molar-refractivity contribution in [1.29, 1.82) is 0 Å². The van der Waals surface area contributed by atoms with Gasteiger partial charge in [0.25, 0.3) is 5.56 Å². The average Bonchev–Trinajstić information content (AvgIpc) is 3.12. The highest BCUT2D eigenvalue weighted by Gasteiger charge is 2.36. The Labute approximate surface area is 171 Å². The normalized spacial score (nSPS) is 16.6.